The molecule has 2 aromatic carbocycles. The van der Waals surface area contributed by atoms with Gasteiger partial charge in [-0.05, 0) is 37.1 Å². The van der Waals surface area contributed by atoms with Crippen LogP contribution >= 0.6 is 0 Å². The van der Waals surface area contributed by atoms with Crippen LogP contribution in [0.4, 0.5) is 5.69 Å². The van der Waals surface area contributed by atoms with E-state index in [9.17, 15) is 14.4 Å². The van der Waals surface area contributed by atoms with E-state index >= 15 is 0 Å². The zero-order valence-corrected chi connectivity index (χ0v) is 18.4. The highest BCUT2D eigenvalue weighted by atomic mass is 16.5. The fourth-order valence-electron chi connectivity index (χ4n) is 2.74. The van der Waals surface area contributed by atoms with Gasteiger partial charge in [0.2, 0.25) is 0 Å². The first-order valence-electron chi connectivity index (χ1n) is 9.81. The SMILES string of the molecule is COc1ccc(NC(=O)COC(=O)[C@@H](NC(=O)c2ccc(C)cc2)C(C)C)c(OC)c1. The number of aryl methyl sites for hydroxylation is 1. The van der Waals surface area contributed by atoms with Crippen molar-refractivity contribution in [3.05, 3.63) is 53.6 Å². The minimum Gasteiger partial charge on any atom is -0.497 e. The molecule has 0 aliphatic carbocycles. The first kappa shape index (κ1) is 23.7. The van der Waals surface area contributed by atoms with Gasteiger partial charge >= 0.3 is 5.97 Å². The quantitative estimate of drug-likeness (QED) is 0.596. The Hall–Kier alpha value is -3.55. The van der Waals surface area contributed by atoms with Gasteiger partial charge in [0.15, 0.2) is 6.61 Å². The van der Waals surface area contributed by atoms with E-state index < -0.39 is 24.5 Å². The van der Waals surface area contributed by atoms with Crippen molar-refractivity contribution in [1.82, 2.24) is 5.32 Å². The van der Waals surface area contributed by atoms with Crippen molar-refractivity contribution in [1.29, 1.82) is 0 Å². The molecule has 31 heavy (non-hydrogen) atoms. The van der Waals surface area contributed by atoms with E-state index in [1.54, 1.807) is 44.2 Å². The summed E-state index contributed by atoms with van der Waals surface area (Å²) in [6.07, 6.45) is 0. The second kappa shape index (κ2) is 11.0. The van der Waals surface area contributed by atoms with Crippen LogP contribution in [0.1, 0.15) is 29.8 Å². The van der Waals surface area contributed by atoms with Crippen molar-refractivity contribution in [3.63, 3.8) is 0 Å². The number of amides is 2. The van der Waals surface area contributed by atoms with Crippen LogP contribution in [0.2, 0.25) is 0 Å². The Bertz CT molecular complexity index is 924. The fraction of sp³-hybridized carbons (Fsp3) is 0.348. The maximum absolute atomic E-state index is 12.5. The normalized spacial score (nSPS) is 11.4. The van der Waals surface area contributed by atoms with E-state index in [1.165, 1.54) is 14.2 Å². The van der Waals surface area contributed by atoms with E-state index in [2.05, 4.69) is 10.6 Å². The summed E-state index contributed by atoms with van der Waals surface area (Å²) in [5, 5.41) is 5.30. The van der Waals surface area contributed by atoms with E-state index in [-0.39, 0.29) is 11.8 Å². The number of rotatable bonds is 9. The first-order valence-corrected chi connectivity index (χ1v) is 9.81. The number of anilines is 1. The molecule has 2 rings (SSSR count). The summed E-state index contributed by atoms with van der Waals surface area (Å²) in [5.74, 6) is -0.860. The van der Waals surface area contributed by atoms with Crippen molar-refractivity contribution in [3.8, 4) is 11.5 Å². The molecule has 0 fully saturated rings. The molecule has 0 aliphatic heterocycles. The predicted octanol–water partition coefficient (Wildman–Crippen LogP) is 2.95. The maximum atomic E-state index is 12.5. The van der Waals surface area contributed by atoms with Crippen LogP contribution < -0.4 is 20.1 Å². The second-order valence-corrected chi connectivity index (χ2v) is 7.28. The van der Waals surface area contributed by atoms with Crippen molar-refractivity contribution >= 4 is 23.5 Å². The zero-order chi connectivity index (χ0) is 23.0. The van der Waals surface area contributed by atoms with Gasteiger partial charge in [0.1, 0.15) is 17.5 Å². The molecule has 0 radical (unpaired) electrons. The highest BCUT2D eigenvalue weighted by Crippen LogP contribution is 2.28. The number of nitrogens with one attached hydrogen (secondary N) is 2. The average molecular weight is 428 g/mol. The lowest BCUT2D eigenvalue weighted by atomic mass is 10.0. The average Bonchev–Trinajstić information content (AvgIpc) is 2.76. The van der Waals surface area contributed by atoms with Gasteiger partial charge in [0.25, 0.3) is 11.8 Å². The zero-order valence-electron chi connectivity index (χ0n) is 18.4. The molecule has 0 bridgehead atoms. The lowest BCUT2D eigenvalue weighted by Crippen LogP contribution is -2.45. The highest BCUT2D eigenvalue weighted by Gasteiger charge is 2.27. The summed E-state index contributed by atoms with van der Waals surface area (Å²) in [4.78, 5) is 37.2. The fourth-order valence-corrected chi connectivity index (χ4v) is 2.74. The molecule has 2 aromatic rings. The Kier molecular flexibility index (Phi) is 8.43. The molecule has 1 atom stereocenters. The predicted molar refractivity (Wildman–Crippen MR) is 116 cm³/mol. The van der Waals surface area contributed by atoms with E-state index in [4.69, 9.17) is 14.2 Å². The standard InChI is InChI=1S/C23H28N2O6/c1-14(2)21(25-22(27)16-8-6-15(3)7-9-16)23(28)31-13-20(26)24-18-11-10-17(29-4)12-19(18)30-5/h6-12,14,21H,13H2,1-5H3,(H,24,26)(H,25,27)/t21-/m0/s1. The first-order chi connectivity index (χ1) is 14.7. The second-order valence-electron chi connectivity index (χ2n) is 7.28. The third kappa shape index (κ3) is 6.74. The lowest BCUT2D eigenvalue weighted by Gasteiger charge is -2.21. The molecule has 8 nitrogen and oxygen atoms in total. The van der Waals surface area contributed by atoms with Crippen LogP contribution in [0.15, 0.2) is 42.5 Å². The Morgan fingerprint density at radius 3 is 2.23 bits per heavy atom. The lowest BCUT2D eigenvalue weighted by molar-refractivity contribution is -0.150. The van der Waals surface area contributed by atoms with Crippen molar-refractivity contribution in [2.24, 2.45) is 5.92 Å². The summed E-state index contributed by atoms with van der Waals surface area (Å²) in [6, 6.07) is 11.0. The van der Waals surface area contributed by atoms with E-state index in [0.717, 1.165) is 5.56 Å². The number of hydrogen-bond acceptors (Lipinski definition) is 6. The molecule has 2 N–H and O–H groups in total. The molecule has 0 aromatic heterocycles. The van der Waals surface area contributed by atoms with Crippen LogP contribution in [0, 0.1) is 12.8 Å². The van der Waals surface area contributed by atoms with Crippen LogP contribution in [0.5, 0.6) is 11.5 Å². The van der Waals surface area contributed by atoms with Crippen molar-refractivity contribution in [2.75, 3.05) is 26.1 Å². The topological polar surface area (TPSA) is 103 Å². The largest absolute Gasteiger partial charge is 0.497 e. The Labute approximate surface area is 181 Å². The van der Waals surface area contributed by atoms with Gasteiger partial charge in [0, 0.05) is 11.6 Å². The van der Waals surface area contributed by atoms with Crippen LogP contribution in [-0.2, 0) is 14.3 Å². The van der Waals surface area contributed by atoms with Gasteiger partial charge in [-0.1, -0.05) is 31.5 Å². The Balaban J connectivity index is 1.96. The van der Waals surface area contributed by atoms with E-state index in [0.29, 0.717) is 22.7 Å². The number of hydrogen-bond donors (Lipinski definition) is 2. The number of methoxy groups -OCH3 is 2. The van der Waals surface area contributed by atoms with E-state index in [1.807, 2.05) is 19.1 Å². The van der Waals surface area contributed by atoms with Crippen molar-refractivity contribution < 1.29 is 28.6 Å². The molecule has 8 heteroatoms. The van der Waals surface area contributed by atoms with Gasteiger partial charge in [-0.15, -0.1) is 0 Å². The summed E-state index contributed by atoms with van der Waals surface area (Å²) in [6.45, 7) is 4.98. The molecular weight excluding hydrogens is 400 g/mol. The van der Waals surface area contributed by atoms with Crippen LogP contribution in [0.25, 0.3) is 0 Å². The number of esters is 1. The minimum absolute atomic E-state index is 0.230. The molecule has 0 unspecified atom stereocenters. The van der Waals surface area contributed by atoms with Crippen molar-refractivity contribution in [2.45, 2.75) is 26.8 Å². The molecule has 0 spiro atoms. The molecule has 2 amide bonds. The molecule has 0 aliphatic rings. The monoisotopic (exact) mass is 428 g/mol. The summed E-state index contributed by atoms with van der Waals surface area (Å²) >= 11 is 0. The molecule has 0 heterocycles. The molecule has 166 valence electrons. The molecule has 0 saturated heterocycles. The Morgan fingerprint density at radius 1 is 0.968 bits per heavy atom. The third-order valence-corrected chi connectivity index (χ3v) is 4.55. The van der Waals surface area contributed by atoms with Crippen LogP contribution in [0.3, 0.4) is 0 Å². The highest BCUT2D eigenvalue weighted by molar-refractivity contribution is 5.98. The molecular formula is C23H28N2O6. The smallest absolute Gasteiger partial charge is 0.329 e. The minimum atomic E-state index is -0.892. The number of ether oxygens (including phenoxy) is 3. The summed E-state index contributed by atoms with van der Waals surface area (Å²) in [7, 11) is 2.99. The summed E-state index contributed by atoms with van der Waals surface area (Å²) < 4.78 is 15.5. The third-order valence-electron chi connectivity index (χ3n) is 4.55. The number of carbonyl (C=O) groups is 3. The summed E-state index contributed by atoms with van der Waals surface area (Å²) in [5.41, 5.74) is 1.88. The van der Waals surface area contributed by atoms with Gasteiger partial charge in [-0.3, -0.25) is 9.59 Å². The number of carbonyl (C=O) groups excluding carboxylic acids is 3. The van der Waals surface area contributed by atoms with Crippen LogP contribution in [-0.4, -0.2) is 44.7 Å². The van der Waals surface area contributed by atoms with Gasteiger partial charge in [-0.2, -0.15) is 0 Å². The maximum Gasteiger partial charge on any atom is 0.329 e. The Morgan fingerprint density at radius 2 is 1.65 bits per heavy atom. The van der Waals surface area contributed by atoms with Gasteiger partial charge < -0.3 is 24.8 Å². The van der Waals surface area contributed by atoms with Gasteiger partial charge in [-0.25, -0.2) is 4.79 Å². The van der Waals surface area contributed by atoms with Gasteiger partial charge in [0.05, 0.1) is 19.9 Å². The number of benzene rings is 2. The molecule has 0 saturated carbocycles.